The lowest BCUT2D eigenvalue weighted by Crippen LogP contribution is -2.41. The number of nitrogens with zero attached hydrogens (tertiary/aromatic N) is 2. The second kappa shape index (κ2) is 9.23. The summed E-state index contributed by atoms with van der Waals surface area (Å²) in [6, 6.07) is 0. The zero-order valence-electron chi connectivity index (χ0n) is 13.4. The molecule has 0 bridgehead atoms. The van der Waals surface area contributed by atoms with Gasteiger partial charge in [0.15, 0.2) is 0 Å². The van der Waals surface area contributed by atoms with E-state index in [1.807, 2.05) is 0 Å². The van der Waals surface area contributed by atoms with E-state index in [-0.39, 0.29) is 24.6 Å². The van der Waals surface area contributed by atoms with Gasteiger partial charge in [-0.05, 0) is 0 Å². The number of aliphatic hydroxyl groups excluding tert-OH is 4. The molecule has 0 saturated heterocycles. The molecule has 1 rings (SSSR count). The van der Waals surface area contributed by atoms with Crippen LogP contribution in [0.3, 0.4) is 0 Å². The largest absolute Gasteiger partial charge is 0.396 e. The summed E-state index contributed by atoms with van der Waals surface area (Å²) in [5, 5.41) is 41.5. The number of aliphatic hydroxyl groups is 4. The Morgan fingerprint density at radius 3 is 1.50 bits per heavy atom. The van der Waals surface area contributed by atoms with Crippen LogP contribution in [-0.2, 0) is 0 Å². The van der Waals surface area contributed by atoms with Gasteiger partial charge in [-0.3, -0.25) is 9.59 Å². The summed E-state index contributed by atoms with van der Waals surface area (Å²) in [6.07, 6.45) is -0.407. The first-order valence-electron chi connectivity index (χ1n) is 7.31. The predicted molar refractivity (Wildman–Crippen MR) is 81.5 cm³/mol. The van der Waals surface area contributed by atoms with Crippen LogP contribution in [0.2, 0.25) is 0 Å². The highest BCUT2D eigenvalue weighted by molar-refractivity contribution is 5.94. The number of carbonyl (C=O) groups is 2. The first kappa shape index (κ1) is 19.9. The Balaban J connectivity index is 2.68. The molecule has 0 aromatic carbocycles. The number of nitrogens with one attached hydrogen (secondary N) is 2. The molecule has 24 heavy (non-hydrogen) atoms. The average Bonchev–Trinajstić information content (AvgIpc) is 2.59. The van der Waals surface area contributed by atoms with Crippen molar-refractivity contribution in [3.63, 3.8) is 0 Å². The van der Waals surface area contributed by atoms with E-state index in [0.717, 1.165) is 12.4 Å². The Labute approximate surface area is 138 Å². The fourth-order valence-corrected chi connectivity index (χ4v) is 1.46. The summed E-state index contributed by atoms with van der Waals surface area (Å²) >= 11 is 0. The van der Waals surface area contributed by atoms with E-state index in [0.29, 0.717) is 0 Å². The maximum atomic E-state index is 11.8. The molecule has 6 N–H and O–H groups in total. The fraction of sp³-hybridized carbons (Fsp3) is 0.571. The topological polar surface area (TPSA) is 165 Å². The highest BCUT2D eigenvalue weighted by Crippen LogP contribution is 2.03. The third kappa shape index (κ3) is 5.49. The van der Waals surface area contributed by atoms with Crippen LogP contribution in [0.25, 0.3) is 0 Å². The van der Waals surface area contributed by atoms with Crippen molar-refractivity contribution in [2.75, 3.05) is 13.2 Å². The van der Waals surface area contributed by atoms with Gasteiger partial charge in [0, 0.05) is 25.0 Å². The molecule has 0 aliphatic carbocycles. The van der Waals surface area contributed by atoms with Crippen LogP contribution in [0.5, 0.6) is 0 Å². The minimum absolute atomic E-state index is 0.125. The van der Waals surface area contributed by atoms with Gasteiger partial charge >= 0.3 is 0 Å². The van der Waals surface area contributed by atoms with Gasteiger partial charge in [0.2, 0.25) is 0 Å². The highest BCUT2D eigenvalue weighted by Gasteiger charge is 2.20. The summed E-state index contributed by atoms with van der Waals surface area (Å²) in [4.78, 5) is 31.2. The van der Waals surface area contributed by atoms with Crippen LogP contribution in [0.1, 0.15) is 34.8 Å². The van der Waals surface area contributed by atoms with E-state index in [2.05, 4.69) is 20.6 Å². The fourth-order valence-electron chi connectivity index (χ4n) is 1.46. The van der Waals surface area contributed by atoms with Gasteiger partial charge in [-0.25, -0.2) is 9.97 Å². The Bertz CT molecular complexity index is 504. The Morgan fingerprint density at radius 1 is 0.917 bits per heavy atom. The van der Waals surface area contributed by atoms with Crippen molar-refractivity contribution in [1.29, 1.82) is 0 Å². The molecule has 134 valence electrons. The maximum Gasteiger partial charge on any atom is 0.273 e. The van der Waals surface area contributed by atoms with Crippen LogP contribution >= 0.6 is 0 Å². The number of rotatable bonds is 8. The lowest BCUT2D eigenvalue weighted by atomic mass is 10.1. The van der Waals surface area contributed by atoms with E-state index in [1.165, 1.54) is 0 Å². The lowest BCUT2D eigenvalue weighted by Gasteiger charge is -2.18. The van der Waals surface area contributed by atoms with Gasteiger partial charge < -0.3 is 31.1 Å². The monoisotopic (exact) mass is 342 g/mol. The standard InChI is InChI=1S/C14H22N4O6/c1-7(5-19)11(21)17-13(23)9-3-16-10(4-15-9)14(24)18-12(22)8(2)6-20/h3-4,7-8,11-12,19-22H,5-6H2,1-2H3,(H,17,23)(H,18,24). The van der Waals surface area contributed by atoms with Crippen molar-refractivity contribution in [3.8, 4) is 0 Å². The molecule has 1 aromatic heterocycles. The highest BCUT2D eigenvalue weighted by atomic mass is 16.3. The van der Waals surface area contributed by atoms with E-state index in [1.54, 1.807) is 13.8 Å². The molecule has 0 aliphatic rings. The molecule has 1 heterocycles. The molecular formula is C14H22N4O6. The third-order valence-corrected chi connectivity index (χ3v) is 3.33. The quantitative estimate of drug-likeness (QED) is 0.290. The minimum Gasteiger partial charge on any atom is -0.396 e. The Hall–Kier alpha value is -2.14. The lowest BCUT2D eigenvalue weighted by molar-refractivity contribution is 0.0423. The van der Waals surface area contributed by atoms with Gasteiger partial charge in [0.25, 0.3) is 11.8 Å². The molecular weight excluding hydrogens is 320 g/mol. The van der Waals surface area contributed by atoms with Gasteiger partial charge in [-0.1, -0.05) is 13.8 Å². The molecule has 0 spiro atoms. The SMILES string of the molecule is CC(CO)C(O)NC(=O)c1cnc(C(=O)NC(O)C(C)CO)cn1. The second-order valence-corrected chi connectivity index (χ2v) is 5.44. The van der Waals surface area contributed by atoms with Gasteiger partial charge in [0.1, 0.15) is 23.8 Å². The van der Waals surface area contributed by atoms with Crippen molar-refractivity contribution < 1.29 is 30.0 Å². The van der Waals surface area contributed by atoms with E-state index >= 15 is 0 Å². The Kier molecular flexibility index (Phi) is 7.65. The smallest absolute Gasteiger partial charge is 0.273 e. The van der Waals surface area contributed by atoms with E-state index in [4.69, 9.17) is 10.2 Å². The summed E-state index contributed by atoms with van der Waals surface area (Å²) in [6.45, 7) is 2.48. The first-order valence-corrected chi connectivity index (χ1v) is 7.31. The number of carbonyl (C=O) groups excluding carboxylic acids is 2. The molecule has 4 unspecified atom stereocenters. The number of amides is 2. The molecule has 10 nitrogen and oxygen atoms in total. The van der Waals surface area contributed by atoms with Crippen molar-refractivity contribution in [2.24, 2.45) is 11.8 Å². The minimum atomic E-state index is -1.25. The van der Waals surface area contributed by atoms with Gasteiger partial charge in [0.05, 0.1) is 12.4 Å². The van der Waals surface area contributed by atoms with Crippen molar-refractivity contribution in [1.82, 2.24) is 20.6 Å². The summed E-state index contributed by atoms with van der Waals surface area (Å²) in [7, 11) is 0. The van der Waals surface area contributed by atoms with Crippen molar-refractivity contribution in [3.05, 3.63) is 23.8 Å². The van der Waals surface area contributed by atoms with Crippen LogP contribution < -0.4 is 10.6 Å². The van der Waals surface area contributed by atoms with Crippen LogP contribution in [0.4, 0.5) is 0 Å². The number of hydrogen-bond donors (Lipinski definition) is 6. The molecule has 0 fully saturated rings. The molecule has 0 aliphatic heterocycles. The van der Waals surface area contributed by atoms with Crippen LogP contribution in [0.15, 0.2) is 12.4 Å². The average molecular weight is 342 g/mol. The first-order chi connectivity index (χ1) is 11.3. The van der Waals surface area contributed by atoms with Gasteiger partial charge in [-0.2, -0.15) is 0 Å². The summed E-state index contributed by atoms with van der Waals surface area (Å²) in [5.74, 6) is -2.53. The second-order valence-electron chi connectivity index (χ2n) is 5.44. The number of aromatic nitrogens is 2. The zero-order chi connectivity index (χ0) is 18.3. The number of hydrogen-bond acceptors (Lipinski definition) is 8. The van der Waals surface area contributed by atoms with Crippen LogP contribution in [-0.4, -0.2) is 67.9 Å². The molecule has 1 aromatic rings. The molecule has 2 amide bonds. The van der Waals surface area contributed by atoms with Gasteiger partial charge in [-0.15, -0.1) is 0 Å². The molecule has 0 radical (unpaired) electrons. The maximum absolute atomic E-state index is 11.8. The normalized spacial score (nSPS) is 15.9. The van der Waals surface area contributed by atoms with Crippen molar-refractivity contribution >= 4 is 11.8 Å². The summed E-state index contributed by atoms with van der Waals surface area (Å²) in [5.41, 5.74) is -0.250. The van der Waals surface area contributed by atoms with E-state index in [9.17, 15) is 19.8 Å². The third-order valence-electron chi connectivity index (χ3n) is 3.33. The van der Waals surface area contributed by atoms with Crippen LogP contribution in [0, 0.1) is 11.8 Å². The molecule has 4 atom stereocenters. The predicted octanol–water partition coefficient (Wildman–Crippen LogP) is -2.17. The Morgan fingerprint density at radius 2 is 1.25 bits per heavy atom. The summed E-state index contributed by atoms with van der Waals surface area (Å²) < 4.78 is 0. The van der Waals surface area contributed by atoms with Crippen molar-refractivity contribution in [2.45, 2.75) is 26.3 Å². The van der Waals surface area contributed by atoms with E-state index < -0.39 is 36.1 Å². The molecule has 10 heteroatoms. The molecule has 0 saturated carbocycles. The zero-order valence-corrected chi connectivity index (χ0v) is 13.4.